The summed E-state index contributed by atoms with van der Waals surface area (Å²) in [7, 11) is 0. The number of aromatic nitrogens is 2. The molecule has 1 aromatic heterocycles. The first-order valence-corrected chi connectivity index (χ1v) is 3.86. The van der Waals surface area contributed by atoms with Crippen LogP contribution < -0.4 is 0 Å². The third-order valence-corrected chi connectivity index (χ3v) is 1.96. The van der Waals surface area contributed by atoms with Crippen molar-refractivity contribution in [2.24, 2.45) is 0 Å². The maximum atomic E-state index is 4.96. The molecule has 0 saturated heterocycles. The summed E-state index contributed by atoms with van der Waals surface area (Å²) in [6.45, 7) is 2.06. The number of aryl methyl sites for hydroxylation is 1. The van der Waals surface area contributed by atoms with Crippen molar-refractivity contribution in [3.05, 3.63) is 28.5 Å². The van der Waals surface area contributed by atoms with E-state index in [0.29, 0.717) is 4.77 Å². The Morgan fingerprint density at radius 3 is 2.67 bits per heavy atom. The summed E-state index contributed by atoms with van der Waals surface area (Å²) < 4.78 is 0.689. The van der Waals surface area contributed by atoms with Gasteiger partial charge in [0.1, 0.15) is 0 Å². The van der Waals surface area contributed by atoms with E-state index in [0.717, 1.165) is 11.0 Å². The molecule has 0 radical (unpaired) electrons. The summed E-state index contributed by atoms with van der Waals surface area (Å²) in [4.78, 5) is 6.14. The van der Waals surface area contributed by atoms with Crippen LogP contribution in [-0.2, 0) is 0 Å². The lowest BCUT2D eigenvalue weighted by Gasteiger charge is -1.91. The van der Waals surface area contributed by atoms with Crippen molar-refractivity contribution in [2.45, 2.75) is 6.92 Å². The number of rotatable bonds is 0. The van der Waals surface area contributed by atoms with Crippen molar-refractivity contribution in [1.29, 1.82) is 0 Å². The van der Waals surface area contributed by atoms with Gasteiger partial charge in [-0.3, -0.25) is 0 Å². The Morgan fingerprint density at radius 2 is 2.00 bits per heavy atom. The minimum absolute atomic E-state index is 0. The Labute approximate surface area is 81.4 Å². The number of hydrogen-bond acceptors (Lipinski definition) is 1. The highest BCUT2D eigenvalue weighted by atomic mass is 35.5. The Kier molecular flexibility index (Phi) is 2.55. The maximum absolute atomic E-state index is 4.96. The molecular formula is C8H9ClN2S. The molecule has 0 aliphatic carbocycles. The van der Waals surface area contributed by atoms with Crippen molar-refractivity contribution >= 4 is 35.7 Å². The summed E-state index contributed by atoms with van der Waals surface area (Å²) >= 11 is 4.96. The van der Waals surface area contributed by atoms with Gasteiger partial charge in [-0.1, -0.05) is 12.1 Å². The molecule has 0 atom stereocenters. The van der Waals surface area contributed by atoms with E-state index in [1.54, 1.807) is 0 Å². The summed E-state index contributed by atoms with van der Waals surface area (Å²) in [6.07, 6.45) is 0. The number of imidazole rings is 1. The lowest BCUT2D eigenvalue weighted by Crippen LogP contribution is -1.73. The van der Waals surface area contributed by atoms with Crippen molar-refractivity contribution in [2.75, 3.05) is 0 Å². The van der Waals surface area contributed by atoms with E-state index in [1.807, 2.05) is 12.1 Å². The minimum Gasteiger partial charge on any atom is -0.331 e. The molecule has 0 amide bonds. The minimum atomic E-state index is 0. The summed E-state index contributed by atoms with van der Waals surface area (Å²) in [5.74, 6) is 0. The van der Waals surface area contributed by atoms with Gasteiger partial charge < -0.3 is 9.97 Å². The van der Waals surface area contributed by atoms with Crippen LogP contribution in [-0.4, -0.2) is 9.97 Å². The molecule has 0 fully saturated rings. The molecule has 0 bridgehead atoms. The fourth-order valence-corrected chi connectivity index (χ4v) is 1.42. The average Bonchev–Trinajstić information content (AvgIpc) is 2.31. The molecule has 4 heteroatoms. The van der Waals surface area contributed by atoms with Crippen molar-refractivity contribution in [3.8, 4) is 0 Å². The van der Waals surface area contributed by atoms with Crippen LogP contribution in [0.25, 0.3) is 11.0 Å². The molecule has 0 unspecified atom stereocenters. The quantitative estimate of drug-likeness (QED) is 0.630. The molecule has 12 heavy (non-hydrogen) atoms. The van der Waals surface area contributed by atoms with Crippen LogP contribution in [0, 0.1) is 11.7 Å². The van der Waals surface area contributed by atoms with Crippen LogP contribution in [0.15, 0.2) is 18.2 Å². The second-order valence-electron chi connectivity index (χ2n) is 2.58. The fourth-order valence-electron chi connectivity index (χ4n) is 1.20. The Bertz CT molecular complexity index is 443. The number of aromatic amines is 2. The normalized spacial score (nSPS) is 9.75. The number of halogens is 1. The zero-order chi connectivity index (χ0) is 7.84. The summed E-state index contributed by atoms with van der Waals surface area (Å²) in [5.41, 5.74) is 3.40. The zero-order valence-electron chi connectivity index (χ0n) is 6.55. The van der Waals surface area contributed by atoms with Gasteiger partial charge in [0.25, 0.3) is 0 Å². The highest BCUT2D eigenvalue weighted by Crippen LogP contribution is 2.13. The van der Waals surface area contributed by atoms with E-state index in [2.05, 4.69) is 23.0 Å². The van der Waals surface area contributed by atoms with Crippen LogP contribution >= 0.6 is 24.6 Å². The number of H-pyrrole nitrogens is 2. The Hall–Kier alpha value is -0.800. The maximum Gasteiger partial charge on any atom is 0.175 e. The zero-order valence-corrected chi connectivity index (χ0v) is 8.18. The molecule has 2 rings (SSSR count). The first kappa shape index (κ1) is 9.29. The number of para-hydroxylation sites is 1. The van der Waals surface area contributed by atoms with E-state index in [4.69, 9.17) is 12.2 Å². The van der Waals surface area contributed by atoms with Crippen molar-refractivity contribution in [3.63, 3.8) is 0 Å². The van der Waals surface area contributed by atoms with Crippen LogP contribution in [0.3, 0.4) is 0 Å². The van der Waals surface area contributed by atoms with Gasteiger partial charge in [-0.15, -0.1) is 12.4 Å². The van der Waals surface area contributed by atoms with E-state index in [9.17, 15) is 0 Å². The van der Waals surface area contributed by atoms with Gasteiger partial charge in [-0.05, 0) is 30.8 Å². The first-order chi connectivity index (χ1) is 5.27. The average molecular weight is 201 g/mol. The molecule has 1 aromatic carbocycles. The summed E-state index contributed by atoms with van der Waals surface area (Å²) in [5, 5.41) is 0. The Morgan fingerprint density at radius 1 is 1.25 bits per heavy atom. The van der Waals surface area contributed by atoms with Crippen molar-refractivity contribution < 1.29 is 0 Å². The molecule has 0 aliphatic heterocycles. The topological polar surface area (TPSA) is 31.6 Å². The van der Waals surface area contributed by atoms with E-state index < -0.39 is 0 Å². The highest BCUT2D eigenvalue weighted by molar-refractivity contribution is 7.71. The second-order valence-corrected chi connectivity index (χ2v) is 2.98. The molecule has 2 aromatic rings. The predicted molar refractivity (Wildman–Crippen MR) is 55.5 cm³/mol. The van der Waals surface area contributed by atoms with Crippen molar-refractivity contribution in [1.82, 2.24) is 9.97 Å². The predicted octanol–water partition coefficient (Wildman–Crippen LogP) is 2.96. The Balaban J connectivity index is 0.000000720. The smallest absolute Gasteiger partial charge is 0.175 e. The van der Waals surface area contributed by atoms with Gasteiger partial charge in [0.15, 0.2) is 4.77 Å². The number of nitrogens with one attached hydrogen (secondary N) is 2. The van der Waals surface area contributed by atoms with Gasteiger partial charge >= 0.3 is 0 Å². The van der Waals surface area contributed by atoms with Crippen LogP contribution in [0.1, 0.15) is 5.56 Å². The van der Waals surface area contributed by atoms with Crippen LogP contribution in [0.4, 0.5) is 0 Å². The lowest BCUT2D eigenvalue weighted by molar-refractivity contribution is 1.29. The fraction of sp³-hybridized carbons (Fsp3) is 0.125. The van der Waals surface area contributed by atoms with E-state index in [-0.39, 0.29) is 12.4 Å². The SMILES string of the molecule is Cc1cccc2[nH]c(=S)[nH]c12.Cl. The van der Waals surface area contributed by atoms with Gasteiger partial charge in [0.2, 0.25) is 0 Å². The van der Waals surface area contributed by atoms with Crippen LogP contribution in [0.2, 0.25) is 0 Å². The standard InChI is InChI=1S/C8H8N2S.ClH/c1-5-3-2-4-6-7(5)10-8(11)9-6;/h2-4H,1H3,(H2,9,10,11);1H. The lowest BCUT2D eigenvalue weighted by atomic mass is 10.2. The highest BCUT2D eigenvalue weighted by Gasteiger charge is 1.96. The second kappa shape index (κ2) is 3.29. The molecule has 0 saturated carbocycles. The molecular weight excluding hydrogens is 192 g/mol. The van der Waals surface area contributed by atoms with E-state index >= 15 is 0 Å². The van der Waals surface area contributed by atoms with Gasteiger partial charge in [0, 0.05) is 0 Å². The monoisotopic (exact) mass is 200 g/mol. The third kappa shape index (κ3) is 1.38. The molecule has 2 nitrogen and oxygen atoms in total. The number of benzene rings is 1. The molecule has 1 heterocycles. The molecule has 64 valence electrons. The molecule has 0 aliphatic rings. The first-order valence-electron chi connectivity index (χ1n) is 3.45. The third-order valence-electron chi connectivity index (χ3n) is 1.76. The van der Waals surface area contributed by atoms with Crippen LogP contribution in [0.5, 0.6) is 0 Å². The largest absolute Gasteiger partial charge is 0.331 e. The van der Waals surface area contributed by atoms with E-state index in [1.165, 1.54) is 5.56 Å². The molecule has 2 N–H and O–H groups in total. The van der Waals surface area contributed by atoms with Gasteiger partial charge in [0.05, 0.1) is 11.0 Å². The molecule has 0 spiro atoms. The number of hydrogen-bond donors (Lipinski definition) is 2. The summed E-state index contributed by atoms with van der Waals surface area (Å²) in [6, 6.07) is 6.08. The number of fused-ring (bicyclic) bond motifs is 1. The van der Waals surface area contributed by atoms with Gasteiger partial charge in [-0.2, -0.15) is 0 Å². The van der Waals surface area contributed by atoms with Gasteiger partial charge in [-0.25, -0.2) is 0 Å².